The van der Waals surface area contributed by atoms with Crippen LogP contribution in [-0.2, 0) is 17.9 Å². The van der Waals surface area contributed by atoms with E-state index in [4.69, 9.17) is 0 Å². The van der Waals surface area contributed by atoms with Gasteiger partial charge in [0, 0.05) is 13.1 Å². The fourth-order valence-corrected chi connectivity index (χ4v) is 1.98. The zero-order valence-electron chi connectivity index (χ0n) is 13.4. The van der Waals surface area contributed by atoms with Crippen LogP contribution >= 0.6 is 0 Å². The van der Waals surface area contributed by atoms with Gasteiger partial charge in [-0.3, -0.25) is 4.79 Å². The Morgan fingerprint density at radius 3 is 2.00 bits per heavy atom. The molecule has 0 heterocycles. The molecule has 2 aromatic carbocycles. The minimum absolute atomic E-state index is 0.110. The highest BCUT2D eigenvalue weighted by Crippen LogP contribution is 2.02. The first-order chi connectivity index (χ1) is 11.5. The highest BCUT2D eigenvalue weighted by Gasteiger charge is 2.05. The summed E-state index contributed by atoms with van der Waals surface area (Å²) in [6, 6.07) is 13.2. The summed E-state index contributed by atoms with van der Waals surface area (Å²) in [6.45, 7) is 2.56. The summed E-state index contributed by atoms with van der Waals surface area (Å²) in [5.74, 6) is -0.596. The number of carbonyl (C=O) groups excluding carboxylic acids is 2. The number of urea groups is 1. The first kappa shape index (κ1) is 17.5. The highest BCUT2D eigenvalue weighted by atomic mass is 19.1. The standard InChI is InChI=1S/C18H20FN3O2/c1-13-2-4-14(5-3-13)10-20-17(23)12-22-18(24)21-11-15-6-8-16(19)9-7-15/h2-9H,10-12H2,1H3,(H,20,23)(H2,21,22,24). The number of hydrogen-bond donors (Lipinski definition) is 3. The first-order valence-corrected chi connectivity index (χ1v) is 7.61. The molecular weight excluding hydrogens is 309 g/mol. The molecule has 0 aliphatic rings. The summed E-state index contributed by atoms with van der Waals surface area (Å²) >= 11 is 0. The van der Waals surface area contributed by atoms with Gasteiger partial charge in [0.2, 0.25) is 5.91 Å². The van der Waals surface area contributed by atoms with E-state index in [0.29, 0.717) is 6.54 Å². The predicted molar refractivity (Wildman–Crippen MR) is 89.7 cm³/mol. The molecule has 0 spiro atoms. The molecule has 0 fully saturated rings. The van der Waals surface area contributed by atoms with E-state index in [-0.39, 0.29) is 24.8 Å². The molecule has 0 radical (unpaired) electrons. The van der Waals surface area contributed by atoms with Crippen molar-refractivity contribution >= 4 is 11.9 Å². The minimum atomic E-state index is -0.454. The largest absolute Gasteiger partial charge is 0.350 e. The molecule has 0 bridgehead atoms. The zero-order chi connectivity index (χ0) is 17.4. The molecule has 0 aromatic heterocycles. The monoisotopic (exact) mass is 329 g/mol. The van der Waals surface area contributed by atoms with Crippen molar-refractivity contribution in [2.75, 3.05) is 6.54 Å². The Bertz CT molecular complexity index is 623. The summed E-state index contributed by atoms with van der Waals surface area (Å²) in [6.07, 6.45) is 0. The van der Waals surface area contributed by atoms with Crippen molar-refractivity contribution in [3.05, 3.63) is 71.0 Å². The molecule has 0 atom stereocenters. The van der Waals surface area contributed by atoms with E-state index in [0.717, 1.165) is 16.7 Å². The van der Waals surface area contributed by atoms with Crippen molar-refractivity contribution in [1.82, 2.24) is 16.0 Å². The number of amides is 3. The number of rotatable bonds is 6. The number of hydrogen-bond acceptors (Lipinski definition) is 2. The smallest absolute Gasteiger partial charge is 0.315 e. The van der Waals surface area contributed by atoms with Crippen molar-refractivity contribution in [2.24, 2.45) is 0 Å². The van der Waals surface area contributed by atoms with Crippen LogP contribution in [0, 0.1) is 12.7 Å². The molecule has 2 aromatic rings. The molecule has 0 saturated heterocycles. The lowest BCUT2D eigenvalue weighted by Gasteiger charge is -2.09. The van der Waals surface area contributed by atoms with Crippen LogP contribution in [0.25, 0.3) is 0 Å². The first-order valence-electron chi connectivity index (χ1n) is 7.61. The summed E-state index contributed by atoms with van der Waals surface area (Å²) in [5, 5.41) is 7.81. The summed E-state index contributed by atoms with van der Waals surface area (Å²) < 4.78 is 12.8. The highest BCUT2D eigenvalue weighted by molar-refractivity contribution is 5.83. The van der Waals surface area contributed by atoms with Gasteiger partial charge in [-0.2, -0.15) is 0 Å². The number of benzene rings is 2. The van der Waals surface area contributed by atoms with Crippen LogP contribution in [0.4, 0.5) is 9.18 Å². The Morgan fingerprint density at radius 1 is 0.833 bits per heavy atom. The van der Waals surface area contributed by atoms with Crippen LogP contribution in [0.1, 0.15) is 16.7 Å². The predicted octanol–water partition coefficient (Wildman–Crippen LogP) is 2.25. The third-order valence-electron chi connectivity index (χ3n) is 3.39. The molecule has 0 saturated carbocycles. The van der Waals surface area contributed by atoms with Crippen LogP contribution in [0.3, 0.4) is 0 Å². The second-order valence-corrected chi connectivity index (χ2v) is 5.43. The van der Waals surface area contributed by atoms with E-state index in [1.165, 1.54) is 12.1 Å². The van der Waals surface area contributed by atoms with E-state index in [2.05, 4.69) is 16.0 Å². The van der Waals surface area contributed by atoms with Crippen molar-refractivity contribution in [1.29, 1.82) is 0 Å². The lowest BCUT2D eigenvalue weighted by Crippen LogP contribution is -2.41. The molecule has 5 nitrogen and oxygen atoms in total. The van der Waals surface area contributed by atoms with Crippen molar-refractivity contribution in [2.45, 2.75) is 20.0 Å². The van der Waals surface area contributed by atoms with E-state index in [1.54, 1.807) is 12.1 Å². The lowest BCUT2D eigenvalue weighted by molar-refractivity contribution is -0.120. The van der Waals surface area contributed by atoms with E-state index < -0.39 is 6.03 Å². The maximum absolute atomic E-state index is 12.8. The third-order valence-corrected chi connectivity index (χ3v) is 3.39. The van der Waals surface area contributed by atoms with Crippen LogP contribution in [0.5, 0.6) is 0 Å². The van der Waals surface area contributed by atoms with Gasteiger partial charge in [-0.1, -0.05) is 42.0 Å². The van der Waals surface area contributed by atoms with Gasteiger partial charge in [-0.15, -0.1) is 0 Å². The van der Waals surface area contributed by atoms with Crippen molar-refractivity contribution in [3.8, 4) is 0 Å². The Balaban J connectivity index is 1.64. The summed E-state index contributed by atoms with van der Waals surface area (Å²) in [4.78, 5) is 23.3. The number of carbonyl (C=O) groups is 2. The molecule has 2 rings (SSSR count). The normalized spacial score (nSPS) is 10.1. The SMILES string of the molecule is Cc1ccc(CNC(=O)CNC(=O)NCc2ccc(F)cc2)cc1. The van der Waals surface area contributed by atoms with Gasteiger partial charge in [-0.05, 0) is 30.2 Å². The van der Waals surface area contributed by atoms with Crippen LogP contribution in [0.2, 0.25) is 0 Å². The van der Waals surface area contributed by atoms with Gasteiger partial charge in [0.1, 0.15) is 5.82 Å². The van der Waals surface area contributed by atoms with Gasteiger partial charge >= 0.3 is 6.03 Å². The topological polar surface area (TPSA) is 70.2 Å². The Kier molecular flexibility index (Phi) is 6.31. The number of aryl methyl sites for hydroxylation is 1. The molecule has 3 N–H and O–H groups in total. The van der Waals surface area contributed by atoms with Crippen molar-refractivity contribution < 1.29 is 14.0 Å². The second kappa shape index (κ2) is 8.67. The maximum Gasteiger partial charge on any atom is 0.315 e. The average molecular weight is 329 g/mol. The van der Waals surface area contributed by atoms with Gasteiger partial charge in [0.15, 0.2) is 0 Å². The van der Waals surface area contributed by atoms with Gasteiger partial charge in [-0.25, -0.2) is 9.18 Å². The quantitative estimate of drug-likeness (QED) is 0.761. The fourth-order valence-electron chi connectivity index (χ4n) is 1.98. The van der Waals surface area contributed by atoms with E-state index in [1.807, 2.05) is 31.2 Å². The van der Waals surface area contributed by atoms with Gasteiger partial charge in [0.25, 0.3) is 0 Å². The van der Waals surface area contributed by atoms with Crippen LogP contribution < -0.4 is 16.0 Å². The Morgan fingerprint density at radius 2 is 1.38 bits per heavy atom. The molecule has 0 aliphatic heterocycles. The average Bonchev–Trinajstić information content (AvgIpc) is 2.59. The fraction of sp³-hybridized carbons (Fsp3) is 0.222. The van der Waals surface area contributed by atoms with Gasteiger partial charge < -0.3 is 16.0 Å². The third kappa shape index (κ3) is 6.08. The molecule has 0 unspecified atom stereocenters. The Hall–Kier alpha value is -2.89. The van der Waals surface area contributed by atoms with Crippen LogP contribution in [0.15, 0.2) is 48.5 Å². The summed E-state index contributed by atoms with van der Waals surface area (Å²) in [5.41, 5.74) is 2.93. The molecule has 126 valence electrons. The van der Waals surface area contributed by atoms with E-state index >= 15 is 0 Å². The molecule has 0 aliphatic carbocycles. The second-order valence-electron chi connectivity index (χ2n) is 5.43. The van der Waals surface area contributed by atoms with Gasteiger partial charge in [0.05, 0.1) is 6.54 Å². The molecule has 24 heavy (non-hydrogen) atoms. The van der Waals surface area contributed by atoms with Crippen molar-refractivity contribution in [3.63, 3.8) is 0 Å². The van der Waals surface area contributed by atoms with E-state index in [9.17, 15) is 14.0 Å². The Labute approximate surface area is 140 Å². The molecular formula is C18H20FN3O2. The summed E-state index contributed by atoms with van der Waals surface area (Å²) in [7, 11) is 0. The zero-order valence-corrected chi connectivity index (χ0v) is 13.4. The lowest BCUT2D eigenvalue weighted by atomic mass is 10.1. The van der Waals surface area contributed by atoms with Crippen LogP contribution in [-0.4, -0.2) is 18.5 Å². The molecule has 6 heteroatoms. The number of halogens is 1. The number of nitrogens with one attached hydrogen (secondary N) is 3. The molecule has 3 amide bonds. The maximum atomic E-state index is 12.8. The minimum Gasteiger partial charge on any atom is -0.350 e.